The Morgan fingerprint density at radius 1 is 1.04 bits per heavy atom. The van der Waals surface area contributed by atoms with Crippen molar-refractivity contribution in [3.8, 4) is 0 Å². The third-order valence-corrected chi connectivity index (χ3v) is 4.76. The summed E-state index contributed by atoms with van der Waals surface area (Å²) in [5, 5.41) is 5.78. The lowest BCUT2D eigenvalue weighted by atomic mass is 10.1. The lowest BCUT2D eigenvalue weighted by molar-refractivity contribution is 0.240. The maximum Gasteiger partial charge on any atom is 0.319 e. The number of para-hydroxylation sites is 1. The summed E-state index contributed by atoms with van der Waals surface area (Å²) >= 11 is 0. The summed E-state index contributed by atoms with van der Waals surface area (Å²) in [6.07, 6.45) is 0. The zero-order chi connectivity index (χ0) is 19.2. The minimum Gasteiger partial charge on any atom is -0.367 e. The van der Waals surface area contributed by atoms with Crippen molar-refractivity contribution in [2.75, 3.05) is 49.5 Å². The number of piperazine rings is 1. The largest absolute Gasteiger partial charge is 0.367 e. The second-order valence-corrected chi connectivity index (χ2v) is 7.04. The molecule has 1 heterocycles. The van der Waals surface area contributed by atoms with Crippen molar-refractivity contribution in [1.29, 1.82) is 0 Å². The van der Waals surface area contributed by atoms with Crippen LogP contribution >= 0.6 is 0 Å². The van der Waals surface area contributed by atoms with E-state index >= 15 is 0 Å². The van der Waals surface area contributed by atoms with Gasteiger partial charge in [0.05, 0.1) is 5.69 Å². The molecule has 2 amide bonds. The van der Waals surface area contributed by atoms with E-state index in [-0.39, 0.29) is 11.8 Å². The SMILES string of the molecule is Cc1cc(C)cc(NC(=O)NCCN2CCN(c3ccccc3F)CC2)c1. The number of anilines is 2. The molecule has 2 aromatic carbocycles. The van der Waals surface area contributed by atoms with E-state index in [1.807, 2.05) is 38.1 Å². The molecule has 1 aliphatic rings. The van der Waals surface area contributed by atoms with Crippen LogP contribution in [-0.4, -0.2) is 50.2 Å². The van der Waals surface area contributed by atoms with Gasteiger partial charge in [-0.1, -0.05) is 18.2 Å². The van der Waals surface area contributed by atoms with Crippen molar-refractivity contribution in [2.45, 2.75) is 13.8 Å². The molecule has 3 rings (SSSR count). The first-order valence-electron chi connectivity index (χ1n) is 9.36. The topological polar surface area (TPSA) is 47.6 Å². The van der Waals surface area contributed by atoms with Gasteiger partial charge >= 0.3 is 6.03 Å². The van der Waals surface area contributed by atoms with E-state index in [0.29, 0.717) is 12.2 Å². The number of urea groups is 1. The number of hydrogen-bond donors (Lipinski definition) is 2. The lowest BCUT2D eigenvalue weighted by Crippen LogP contribution is -2.49. The predicted molar refractivity (Wildman–Crippen MR) is 108 cm³/mol. The van der Waals surface area contributed by atoms with Crippen molar-refractivity contribution in [3.05, 3.63) is 59.4 Å². The Bertz CT molecular complexity index is 767. The zero-order valence-electron chi connectivity index (χ0n) is 16.0. The van der Waals surface area contributed by atoms with E-state index in [2.05, 4.69) is 26.5 Å². The van der Waals surface area contributed by atoms with Crippen LogP contribution in [0.3, 0.4) is 0 Å². The van der Waals surface area contributed by atoms with Crippen LogP contribution in [0.5, 0.6) is 0 Å². The molecule has 0 spiro atoms. The third-order valence-electron chi connectivity index (χ3n) is 4.76. The predicted octanol–water partition coefficient (Wildman–Crippen LogP) is 3.39. The van der Waals surface area contributed by atoms with Gasteiger partial charge in [0.25, 0.3) is 0 Å². The average Bonchev–Trinajstić information content (AvgIpc) is 2.62. The van der Waals surface area contributed by atoms with E-state index < -0.39 is 0 Å². The van der Waals surface area contributed by atoms with E-state index in [9.17, 15) is 9.18 Å². The lowest BCUT2D eigenvalue weighted by Gasteiger charge is -2.36. The third kappa shape index (κ3) is 5.44. The van der Waals surface area contributed by atoms with Gasteiger partial charge in [0.1, 0.15) is 5.82 Å². The highest BCUT2D eigenvalue weighted by molar-refractivity contribution is 5.89. The van der Waals surface area contributed by atoms with Gasteiger partial charge in [-0.3, -0.25) is 4.90 Å². The summed E-state index contributed by atoms with van der Waals surface area (Å²) < 4.78 is 13.9. The second-order valence-electron chi connectivity index (χ2n) is 7.04. The summed E-state index contributed by atoms with van der Waals surface area (Å²) in [4.78, 5) is 16.4. The Morgan fingerprint density at radius 3 is 2.37 bits per heavy atom. The fourth-order valence-electron chi connectivity index (χ4n) is 3.47. The number of hydrogen-bond acceptors (Lipinski definition) is 3. The molecule has 5 nitrogen and oxygen atoms in total. The van der Waals surface area contributed by atoms with Crippen LogP contribution in [0.1, 0.15) is 11.1 Å². The highest BCUT2D eigenvalue weighted by atomic mass is 19.1. The summed E-state index contributed by atoms with van der Waals surface area (Å²) in [6, 6.07) is 12.7. The number of aryl methyl sites for hydroxylation is 2. The second kappa shape index (κ2) is 8.86. The molecule has 2 N–H and O–H groups in total. The molecule has 144 valence electrons. The molecule has 1 fully saturated rings. The molecule has 1 aliphatic heterocycles. The van der Waals surface area contributed by atoms with Crippen LogP contribution in [0.25, 0.3) is 0 Å². The van der Waals surface area contributed by atoms with Gasteiger partial charge in [-0.25, -0.2) is 9.18 Å². The minimum absolute atomic E-state index is 0.171. The molecular formula is C21H27FN4O. The number of carbonyl (C=O) groups excluding carboxylic acids is 1. The summed E-state index contributed by atoms with van der Waals surface area (Å²) in [7, 11) is 0. The van der Waals surface area contributed by atoms with Crippen LogP contribution < -0.4 is 15.5 Å². The number of nitrogens with one attached hydrogen (secondary N) is 2. The molecule has 0 radical (unpaired) electrons. The molecule has 27 heavy (non-hydrogen) atoms. The van der Waals surface area contributed by atoms with Gasteiger partial charge in [0.2, 0.25) is 0 Å². The highest BCUT2D eigenvalue weighted by Crippen LogP contribution is 2.20. The number of carbonyl (C=O) groups is 1. The molecule has 2 aromatic rings. The van der Waals surface area contributed by atoms with Gasteiger partial charge < -0.3 is 15.5 Å². The normalized spacial score (nSPS) is 14.9. The summed E-state index contributed by atoms with van der Waals surface area (Å²) in [5.41, 5.74) is 3.72. The average molecular weight is 370 g/mol. The molecular weight excluding hydrogens is 343 g/mol. The number of benzene rings is 2. The van der Waals surface area contributed by atoms with Crippen LogP contribution in [0.15, 0.2) is 42.5 Å². The van der Waals surface area contributed by atoms with Crippen molar-refractivity contribution in [1.82, 2.24) is 10.2 Å². The molecule has 1 saturated heterocycles. The van der Waals surface area contributed by atoms with Crippen molar-refractivity contribution < 1.29 is 9.18 Å². The summed E-state index contributed by atoms with van der Waals surface area (Å²) in [6.45, 7) is 8.67. The zero-order valence-corrected chi connectivity index (χ0v) is 16.0. The van der Waals surface area contributed by atoms with Gasteiger partial charge in [0, 0.05) is 45.0 Å². The minimum atomic E-state index is -0.190. The Kier molecular flexibility index (Phi) is 6.29. The fraction of sp³-hybridized carbons (Fsp3) is 0.381. The Hall–Kier alpha value is -2.60. The first kappa shape index (κ1) is 19.2. The number of nitrogens with zero attached hydrogens (tertiary/aromatic N) is 2. The van der Waals surface area contributed by atoms with Crippen LogP contribution in [-0.2, 0) is 0 Å². The van der Waals surface area contributed by atoms with Crippen molar-refractivity contribution in [3.63, 3.8) is 0 Å². The molecule has 0 bridgehead atoms. The smallest absolute Gasteiger partial charge is 0.319 e. The Labute approximate surface area is 160 Å². The molecule has 0 atom stereocenters. The Balaban J connectivity index is 1.39. The van der Waals surface area contributed by atoms with Gasteiger partial charge in [-0.2, -0.15) is 0 Å². The molecule has 0 unspecified atom stereocenters. The maximum absolute atomic E-state index is 13.9. The van der Waals surface area contributed by atoms with Gasteiger partial charge in [-0.05, 0) is 49.2 Å². The van der Waals surface area contributed by atoms with Crippen LogP contribution in [0, 0.1) is 19.7 Å². The van der Waals surface area contributed by atoms with Gasteiger partial charge in [0.15, 0.2) is 0 Å². The molecule has 0 saturated carbocycles. The fourth-order valence-corrected chi connectivity index (χ4v) is 3.47. The first-order valence-corrected chi connectivity index (χ1v) is 9.36. The summed E-state index contributed by atoms with van der Waals surface area (Å²) in [5.74, 6) is -0.171. The van der Waals surface area contributed by atoms with Crippen LogP contribution in [0.4, 0.5) is 20.6 Å². The molecule has 0 aromatic heterocycles. The van der Waals surface area contributed by atoms with Crippen molar-refractivity contribution >= 4 is 17.4 Å². The monoisotopic (exact) mass is 370 g/mol. The quantitative estimate of drug-likeness (QED) is 0.848. The van der Waals surface area contributed by atoms with E-state index in [1.54, 1.807) is 6.07 Å². The number of amides is 2. The molecule has 6 heteroatoms. The standard InChI is InChI=1S/C21H27FN4O/c1-16-13-17(2)15-18(14-16)24-21(27)23-7-8-25-9-11-26(12-10-25)20-6-4-3-5-19(20)22/h3-6,13-15H,7-12H2,1-2H3,(H2,23,24,27). The Morgan fingerprint density at radius 2 is 1.70 bits per heavy atom. The first-order chi connectivity index (χ1) is 13.0. The van der Waals surface area contributed by atoms with Crippen LogP contribution in [0.2, 0.25) is 0 Å². The van der Waals surface area contributed by atoms with Crippen molar-refractivity contribution in [2.24, 2.45) is 0 Å². The van der Waals surface area contributed by atoms with E-state index in [4.69, 9.17) is 0 Å². The molecule has 0 aliphatic carbocycles. The maximum atomic E-state index is 13.9. The highest BCUT2D eigenvalue weighted by Gasteiger charge is 2.19. The van der Waals surface area contributed by atoms with E-state index in [1.165, 1.54) is 6.07 Å². The van der Waals surface area contributed by atoms with Gasteiger partial charge in [-0.15, -0.1) is 0 Å². The number of rotatable bonds is 5. The van der Waals surface area contributed by atoms with E-state index in [0.717, 1.165) is 49.5 Å². The number of halogens is 1.